The Labute approximate surface area is 183 Å². The molecule has 0 spiro atoms. The number of benzene rings is 2. The van der Waals surface area contributed by atoms with Crippen LogP contribution in [0, 0.1) is 5.82 Å². The predicted octanol–water partition coefficient (Wildman–Crippen LogP) is 3.71. The summed E-state index contributed by atoms with van der Waals surface area (Å²) < 4.78 is 19.0. The first kappa shape index (κ1) is 21.2. The van der Waals surface area contributed by atoms with Crippen LogP contribution in [0.5, 0.6) is 11.6 Å². The number of carbonyl (C=O) groups excluding carboxylic acids is 3. The second kappa shape index (κ2) is 9.38. The van der Waals surface area contributed by atoms with Gasteiger partial charge in [0, 0.05) is 37.3 Å². The molecule has 0 atom stereocenters. The number of fused-ring (bicyclic) bond motifs is 1. The van der Waals surface area contributed by atoms with Crippen LogP contribution in [0.1, 0.15) is 39.1 Å². The zero-order chi connectivity index (χ0) is 22.5. The van der Waals surface area contributed by atoms with Crippen molar-refractivity contribution in [3.05, 3.63) is 89.4 Å². The van der Waals surface area contributed by atoms with Crippen LogP contribution in [0.4, 0.5) is 4.39 Å². The van der Waals surface area contributed by atoms with Gasteiger partial charge in [-0.3, -0.25) is 19.3 Å². The summed E-state index contributed by atoms with van der Waals surface area (Å²) in [6.45, 7) is 0.338. The van der Waals surface area contributed by atoms with E-state index in [-0.39, 0.29) is 43.1 Å². The number of nitrogens with zero attached hydrogens (tertiary/aromatic N) is 2. The number of aromatic nitrogens is 1. The van der Waals surface area contributed by atoms with Crippen molar-refractivity contribution in [3.8, 4) is 11.6 Å². The zero-order valence-corrected chi connectivity index (χ0v) is 17.1. The molecule has 2 heterocycles. The van der Waals surface area contributed by atoms with Gasteiger partial charge in [-0.1, -0.05) is 24.3 Å². The third kappa shape index (κ3) is 4.64. The Kier molecular flexibility index (Phi) is 6.21. The number of imide groups is 1. The highest BCUT2D eigenvalue weighted by molar-refractivity contribution is 6.21. The Hall–Kier alpha value is -4.07. The van der Waals surface area contributed by atoms with Crippen LogP contribution < -0.4 is 10.1 Å². The van der Waals surface area contributed by atoms with Crippen molar-refractivity contribution in [2.24, 2.45) is 0 Å². The van der Waals surface area contributed by atoms with E-state index in [9.17, 15) is 18.8 Å². The van der Waals surface area contributed by atoms with Gasteiger partial charge in [0.25, 0.3) is 11.8 Å². The van der Waals surface area contributed by atoms with Crippen molar-refractivity contribution in [1.29, 1.82) is 0 Å². The molecule has 4 rings (SSSR count). The van der Waals surface area contributed by atoms with Crippen LogP contribution in [-0.4, -0.2) is 34.2 Å². The number of pyridine rings is 1. The van der Waals surface area contributed by atoms with Gasteiger partial charge in [0.05, 0.1) is 11.1 Å². The quantitative estimate of drug-likeness (QED) is 0.547. The molecule has 1 aromatic heterocycles. The fourth-order valence-corrected chi connectivity index (χ4v) is 3.41. The summed E-state index contributed by atoms with van der Waals surface area (Å²) in [5.41, 5.74) is 1.42. The number of amides is 3. The highest BCUT2D eigenvalue weighted by Gasteiger charge is 2.34. The molecule has 2 aromatic carbocycles. The molecule has 1 aliphatic rings. The molecule has 162 valence electrons. The normalized spacial score (nSPS) is 12.6. The van der Waals surface area contributed by atoms with Crippen molar-refractivity contribution < 1.29 is 23.5 Å². The molecule has 7 nitrogen and oxygen atoms in total. The minimum absolute atomic E-state index is 0.147. The van der Waals surface area contributed by atoms with E-state index >= 15 is 0 Å². The summed E-state index contributed by atoms with van der Waals surface area (Å²) in [6.07, 6.45) is 2.03. The smallest absolute Gasteiger partial charge is 0.261 e. The first-order valence-corrected chi connectivity index (χ1v) is 10.1. The van der Waals surface area contributed by atoms with Crippen molar-refractivity contribution in [1.82, 2.24) is 15.2 Å². The Morgan fingerprint density at radius 2 is 1.75 bits per heavy atom. The molecule has 0 unspecified atom stereocenters. The highest BCUT2D eigenvalue weighted by atomic mass is 19.1. The van der Waals surface area contributed by atoms with Crippen LogP contribution in [0.15, 0.2) is 66.9 Å². The molecule has 0 fully saturated rings. The lowest BCUT2D eigenvalue weighted by molar-refractivity contribution is -0.121. The minimum atomic E-state index is -0.425. The van der Waals surface area contributed by atoms with Crippen LogP contribution >= 0.6 is 0 Å². The van der Waals surface area contributed by atoms with Gasteiger partial charge in [0.2, 0.25) is 11.8 Å². The Morgan fingerprint density at radius 3 is 2.47 bits per heavy atom. The molecular weight excluding hydrogens is 413 g/mol. The number of rotatable bonds is 8. The fraction of sp³-hybridized carbons (Fsp3) is 0.167. The summed E-state index contributed by atoms with van der Waals surface area (Å²) in [6, 6.07) is 15.8. The molecule has 0 bridgehead atoms. The van der Waals surface area contributed by atoms with Crippen LogP contribution in [-0.2, 0) is 11.3 Å². The van der Waals surface area contributed by atoms with Gasteiger partial charge >= 0.3 is 0 Å². The second-order valence-electron chi connectivity index (χ2n) is 7.21. The monoisotopic (exact) mass is 433 g/mol. The topological polar surface area (TPSA) is 88.6 Å². The molecule has 0 saturated carbocycles. The maximum absolute atomic E-state index is 13.4. The molecule has 0 saturated heterocycles. The van der Waals surface area contributed by atoms with Gasteiger partial charge < -0.3 is 10.1 Å². The number of hydrogen-bond donors (Lipinski definition) is 1. The lowest BCUT2D eigenvalue weighted by Gasteiger charge is -2.14. The molecule has 3 aromatic rings. The van der Waals surface area contributed by atoms with Gasteiger partial charge in [-0.05, 0) is 36.8 Å². The van der Waals surface area contributed by atoms with Crippen molar-refractivity contribution >= 4 is 17.7 Å². The number of halogens is 1. The van der Waals surface area contributed by atoms with E-state index in [2.05, 4.69) is 10.3 Å². The van der Waals surface area contributed by atoms with E-state index in [0.717, 1.165) is 0 Å². The van der Waals surface area contributed by atoms with Crippen LogP contribution in [0.3, 0.4) is 0 Å². The summed E-state index contributed by atoms with van der Waals surface area (Å²) in [7, 11) is 0. The average Bonchev–Trinajstić information content (AvgIpc) is 3.04. The Morgan fingerprint density at radius 1 is 1.00 bits per heavy atom. The highest BCUT2D eigenvalue weighted by Crippen LogP contribution is 2.24. The third-order valence-corrected chi connectivity index (χ3v) is 5.00. The number of carbonyl (C=O) groups is 3. The van der Waals surface area contributed by atoms with Crippen LogP contribution in [0.25, 0.3) is 0 Å². The molecule has 1 aliphatic heterocycles. The standard InChI is InChI=1S/C24H20FN3O4/c25-17-7-3-8-18(14-17)32-22-16(6-4-12-26-22)15-27-21(29)11-5-13-28-23(30)19-9-1-2-10-20(19)24(28)31/h1-4,6-10,12,14H,5,11,13,15H2,(H,27,29). The maximum Gasteiger partial charge on any atom is 0.261 e. The van der Waals surface area contributed by atoms with Crippen molar-refractivity contribution in [2.75, 3.05) is 6.54 Å². The summed E-state index contributed by atoms with van der Waals surface area (Å²) in [5.74, 6) is -0.754. The average molecular weight is 433 g/mol. The zero-order valence-electron chi connectivity index (χ0n) is 17.1. The van der Waals surface area contributed by atoms with E-state index in [1.165, 1.54) is 23.1 Å². The molecular formula is C24H20FN3O4. The molecule has 8 heteroatoms. The summed E-state index contributed by atoms with van der Waals surface area (Å²) in [5, 5.41) is 2.78. The van der Waals surface area contributed by atoms with Gasteiger partial charge in [-0.25, -0.2) is 9.37 Å². The Balaban J connectivity index is 1.28. The maximum atomic E-state index is 13.4. The molecule has 0 radical (unpaired) electrons. The molecule has 0 aliphatic carbocycles. The largest absolute Gasteiger partial charge is 0.439 e. The molecule has 3 amide bonds. The van der Waals surface area contributed by atoms with Gasteiger partial charge in [-0.2, -0.15) is 0 Å². The van der Waals surface area contributed by atoms with E-state index in [1.807, 2.05) is 0 Å². The third-order valence-electron chi connectivity index (χ3n) is 5.00. The van der Waals surface area contributed by atoms with Crippen molar-refractivity contribution in [3.63, 3.8) is 0 Å². The fourth-order valence-electron chi connectivity index (χ4n) is 3.41. The lowest BCUT2D eigenvalue weighted by atomic mass is 10.1. The first-order chi connectivity index (χ1) is 15.5. The first-order valence-electron chi connectivity index (χ1n) is 10.1. The van der Waals surface area contributed by atoms with Gasteiger partial charge in [0.1, 0.15) is 11.6 Å². The SMILES string of the molecule is O=C(CCCN1C(=O)c2ccccc2C1=O)NCc1cccnc1Oc1cccc(F)c1. The summed E-state index contributed by atoms with van der Waals surface area (Å²) >= 11 is 0. The number of nitrogens with one attached hydrogen (secondary N) is 1. The number of ether oxygens (including phenoxy) is 1. The van der Waals surface area contributed by atoms with Crippen molar-refractivity contribution in [2.45, 2.75) is 19.4 Å². The molecule has 32 heavy (non-hydrogen) atoms. The summed E-state index contributed by atoms with van der Waals surface area (Å²) in [4.78, 5) is 42.3. The van der Waals surface area contributed by atoms with E-state index in [1.54, 1.807) is 48.7 Å². The minimum Gasteiger partial charge on any atom is -0.439 e. The van der Waals surface area contributed by atoms with E-state index < -0.39 is 5.82 Å². The lowest BCUT2D eigenvalue weighted by Crippen LogP contribution is -2.32. The number of hydrogen-bond acceptors (Lipinski definition) is 5. The van der Waals surface area contributed by atoms with E-state index in [0.29, 0.717) is 28.9 Å². The van der Waals surface area contributed by atoms with Gasteiger partial charge in [0.15, 0.2) is 0 Å². The van der Waals surface area contributed by atoms with Crippen LogP contribution in [0.2, 0.25) is 0 Å². The van der Waals surface area contributed by atoms with E-state index in [4.69, 9.17) is 4.74 Å². The van der Waals surface area contributed by atoms with Gasteiger partial charge in [-0.15, -0.1) is 0 Å². The Bertz CT molecular complexity index is 1150. The second-order valence-corrected chi connectivity index (χ2v) is 7.21. The predicted molar refractivity (Wildman–Crippen MR) is 114 cm³/mol. The molecule has 1 N–H and O–H groups in total.